The van der Waals surface area contributed by atoms with Gasteiger partial charge >= 0.3 is 0 Å². The van der Waals surface area contributed by atoms with E-state index in [9.17, 15) is 14.4 Å². The largest absolute Gasteiger partial charge is 0.491 e. The second-order valence-electron chi connectivity index (χ2n) is 9.37. The zero-order valence-corrected chi connectivity index (χ0v) is 22.1. The number of pyridine rings is 1. The Morgan fingerprint density at radius 2 is 1.97 bits per heavy atom. The van der Waals surface area contributed by atoms with E-state index in [0.29, 0.717) is 30.1 Å². The molecule has 0 saturated carbocycles. The highest BCUT2D eigenvalue weighted by molar-refractivity contribution is 5.98. The van der Waals surface area contributed by atoms with Crippen molar-refractivity contribution in [3.63, 3.8) is 0 Å². The lowest BCUT2D eigenvalue weighted by molar-refractivity contribution is -0.134. The Hall–Kier alpha value is -3.50. The summed E-state index contributed by atoms with van der Waals surface area (Å²) in [5.41, 5.74) is 1.66. The third-order valence-electron chi connectivity index (χ3n) is 6.40. The number of rotatable bonds is 6. The standard InChI is InChI=1S/C27H36N4O6/c1-18-14-31(26(33)11-20-7-6-10-28-13-20)19(2)16-37-23-12-21(29-25(32)17-35-4)8-9-22(23)27(34)30(3)15-24(18)36-5/h6-10,12-13,18-19,24H,11,14-17H2,1-5H3,(H,29,32)/t18-,19-,24+/m1/s1. The Morgan fingerprint density at radius 3 is 2.65 bits per heavy atom. The van der Waals surface area contributed by atoms with Crippen molar-refractivity contribution < 1.29 is 28.6 Å². The average Bonchev–Trinajstić information content (AvgIpc) is 2.88. The molecule has 0 radical (unpaired) electrons. The third-order valence-corrected chi connectivity index (χ3v) is 6.40. The van der Waals surface area contributed by atoms with Crippen molar-refractivity contribution in [2.24, 2.45) is 5.92 Å². The van der Waals surface area contributed by atoms with Crippen LogP contribution in [0.2, 0.25) is 0 Å². The van der Waals surface area contributed by atoms with Gasteiger partial charge in [-0.05, 0) is 30.7 Å². The molecule has 1 N–H and O–H groups in total. The normalized spacial score (nSPS) is 20.8. The predicted molar refractivity (Wildman–Crippen MR) is 138 cm³/mol. The molecule has 37 heavy (non-hydrogen) atoms. The van der Waals surface area contributed by atoms with Gasteiger partial charge in [-0.15, -0.1) is 0 Å². The number of aromatic nitrogens is 1. The van der Waals surface area contributed by atoms with Crippen molar-refractivity contribution in [3.8, 4) is 5.75 Å². The van der Waals surface area contributed by atoms with E-state index >= 15 is 0 Å². The van der Waals surface area contributed by atoms with Crippen molar-refractivity contribution in [3.05, 3.63) is 53.9 Å². The van der Waals surface area contributed by atoms with Gasteiger partial charge in [0, 0.05) is 64.4 Å². The molecule has 10 heteroatoms. The Labute approximate surface area is 217 Å². The smallest absolute Gasteiger partial charge is 0.257 e. The summed E-state index contributed by atoms with van der Waals surface area (Å²) in [5, 5.41) is 2.73. The molecule has 0 saturated heterocycles. The summed E-state index contributed by atoms with van der Waals surface area (Å²) in [6, 6.07) is 8.28. The van der Waals surface area contributed by atoms with E-state index in [1.807, 2.05) is 26.0 Å². The number of fused-ring (bicyclic) bond motifs is 1. The van der Waals surface area contributed by atoms with E-state index in [0.717, 1.165) is 5.56 Å². The highest BCUT2D eigenvalue weighted by Crippen LogP contribution is 2.27. The predicted octanol–water partition coefficient (Wildman–Crippen LogP) is 2.24. The van der Waals surface area contributed by atoms with E-state index in [-0.39, 0.29) is 55.4 Å². The van der Waals surface area contributed by atoms with Crippen LogP contribution in [0.1, 0.15) is 29.8 Å². The number of benzene rings is 1. The van der Waals surface area contributed by atoms with E-state index in [1.54, 1.807) is 54.6 Å². The van der Waals surface area contributed by atoms with Gasteiger partial charge < -0.3 is 29.3 Å². The molecule has 1 aliphatic rings. The summed E-state index contributed by atoms with van der Waals surface area (Å²) < 4.78 is 16.7. The van der Waals surface area contributed by atoms with Crippen LogP contribution in [-0.2, 0) is 25.5 Å². The minimum atomic E-state index is -0.323. The lowest BCUT2D eigenvalue weighted by atomic mass is 10.0. The molecule has 3 rings (SSSR count). The number of ether oxygens (including phenoxy) is 3. The number of nitrogens with one attached hydrogen (secondary N) is 1. The van der Waals surface area contributed by atoms with Gasteiger partial charge in [0.25, 0.3) is 5.91 Å². The monoisotopic (exact) mass is 512 g/mol. The molecule has 0 unspecified atom stereocenters. The number of amides is 3. The fraction of sp³-hybridized carbons (Fsp3) is 0.481. The maximum absolute atomic E-state index is 13.4. The van der Waals surface area contributed by atoms with Crippen LogP contribution >= 0.6 is 0 Å². The SMILES string of the molecule is COCC(=O)Nc1ccc2c(c1)OC[C@@H](C)N(C(=O)Cc1cccnc1)C[C@@H](C)[C@@H](OC)CN(C)C2=O. The van der Waals surface area contributed by atoms with Gasteiger partial charge in [0.15, 0.2) is 0 Å². The first-order valence-electron chi connectivity index (χ1n) is 12.3. The van der Waals surface area contributed by atoms with Gasteiger partial charge in [0.1, 0.15) is 19.0 Å². The van der Waals surface area contributed by atoms with E-state index < -0.39 is 0 Å². The van der Waals surface area contributed by atoms with Crippen molar-refractivity contribution in [2.45, 2.75) is 32.4 Å². The Balaban J connectivity index is 1.93. The summed E-state index contributed by atoms with van der Waals surface area (Å²) in [5.74, 6) is -0.319. The molecule has 0 fully saturated rings. The molecule has 1 aliphatic heterocycles. The molecule has 0 bridgehead atoms. The van der Waals surface area contributed by atoms with Crippen LogP contribution in [0, 0.1) is 5.92 Å². The topological polar surface area (TPSA) is 110 Å². The van der Waals surface area contributed by atoms with Gasteiger partial charge in [-0.2, -0.15) is 0 Å². The third kappa shape index (κ3) is 7.50. The molecule has 3 atom stereocenters. The van der Waals surface area contributed by atoms with Crippen LogP contribution in [0.5, 0.6) is 5.75 Å². The van der Waals surface area contributed by atoms with Gasteiger partial charge in [-0.3, -0.25) is 19.4 Å². The van der Waals surface area contributed by atoms with Crippen LogP contribution < -0.4 is 10.1 Å². The fourth-order valence-corrected chi connectivity index (χ4v) is 4.30. The van der Waals surface area contributed by atoms with Gasteiger partial charge in [-0.25, -0.2) is 0 Å². The molecule has 10 nitrogen and oxygen atoms in total. The quantitative estimate of drug-likeness (QED) is 0.632. The average molecular weight is 513 g/mol. The first kappa shape index (κ1) is 28.1. The molecule has 2 aromatic rings. The summed E-state index contributed by atoms with van der Waals surface area (Å²) in [4.78, 5) is 46.3. The Bertz CT molecular complexity index is 1080. The van der Waals surface area contributed by atoms with Crippen molar-refractivity contribution in [2.75, 3.05) is 52.9 Å². The van der Waals surface area contributed by atoms with E-state index in [1.165, 1.54) is 7.11 Å². The molecule has 0 aliphatic carbocycles. The minimum Gasteiger partial charge on any atom is -0.491 e. The van der Waals surface area contributed by atoms with Gasteiger partial charge in [0.05, 0.1) is 24.1 Å². The van der Waals surface area contributed by atoms with Gasteiger partial charge in [-0.1, -0.05) is 13.0 Å². The lowest BCUT2D eigenvalue weighted by Gasteiger charge is -2.36. The van der Waals surface area contributed by atoms with Crippen LogP contribution in [0.25, 0.3) is 0 Å². The van der Waals surface area contributed by atoms with Crippen LogP contribution in [0.15, 0.2) is 42.7 Å². The van der Waals surface area contributed by atoms with Crippen LogP contribution in [-0.4, -0.2) is 92.2 Å². The number of methoxy groups -OCH3 is 2. The number of carbonyl (C=O) groups is 3. The van der Waals surface area contributed by atoms with Crippen LogP contribution in [0.3, 0.4) is 0 Å². The lowest BCUT2D eigenvalue weighted by Crippen LogP contribution is -2.49. The second-order valence-corrected chi connectivity index (χ2v) is 9.37. The van der Waals surface area contributed by atoms with Gasteiger partial charge in [0.2, 0.25) is 11.8 Å². The molecule has 1 aromatic heterocycles. The second kappa shape index (κ2) is 13.2. The van der Waals surface area contributed by atoms with Crippen molar-refractivity contribution in [1.29, 1.82) is 0 Å². The number of likely N-dealkylation sites (N-methyl/N-ethyl adjacent to an activating group) is 1. The zero-order chi connectivity index (χ0) is 26.9. The number of anilines is 1. The molecular weight excluding hydrogens is 476 g/mol. The summed E-state index contributed by atoms with van der Waals surface area (Å²) in [6.07, 6.45) is 3.29. The molecule has 2 heterocycles. The highest BCUT2D eigenvalue weighted by atomic mass is 16.5. The highest BCUT2D eigenvalue weighted by Gasteiger charge is 2.30. The first-order chi connectivity index (χ1) is 17.7. The maximum atomic E-state index is 13.4. The fourth-order valence-electron chi connectivity index (χ4n) is 4.30. The zero-order valence-electron chi connectivity index (χ0n) is 22.1. The van der Waals surface area contributed by atoms with Crippen molar-refractivity contribution in [1.82, 2.24) is 14.8 Å². The molecule has 200 valence electrons. The minimum absolute atomic E-state index is 0.0437. The number of carbonyl (C=O) groups excluding carboxylic acids is 3. The Morgan fingerprint density at radius 1 is 1.19 bits per heavy atom. The number of hydrogen-bond donors (Lipinski definition) is 1. The molecular formula is C27H36N4O6. The maximum Gasteiger partial charge on any atom is 0.257 e. The summed E-state index contributed by atoms with van der Waals surface area (Å²) in [7, 11) is 4.76. The van der Waals surface area contributed by atoms with Crippen LogP contribution in [0.4, 0.5) is 5.69 Å². The molecule has 1 aromatic carbocycles. The molecule has 0 spiro atoms. The summed E-state index contributed by atoms with van der Waals surface area (Å²) >= 11 is 0. The van der Waals surface area contributed by atoms with E-state index in [4.69, 9.17) is 14.2 Å². The Kier molecular flexibility index (Phi) is 9.99. The first-order valence-corrected chi connectivity index (χ1v) is 12.3. The van der Waals surface area contributed by atoms with E-state index in [2.05, 4.69) is 10.3 Å². The number of hydrogen-bond acceptors (Lipinski definition) is 7. The number of nitrogens with zero attached hydrogens (tertiary/aromatic N) is 3. The summed E-state index contributed by atoms with van der Waals surface area (Å²) in [6.45, 7) is 4.76. The molecule has 3 amide bonds. The van der Waals surface area contributed by atoms with Crippen molar-refractivity contribution >= 4 is 23.4 Å².